The van der Waals surface area contributed by atoms with Crippen LogP contribution >= 0.6 is 0 Å². The van der Waals surface area contributed by atoms with Crippen molar-refractivity contribution in [1.29, 1.82) is 0 Å². The summed E-state index contributed by atoms with van der Waals surface area (Å²) in [6, 6.07) is 7.71. The van der Waals surface area contributed by atoms with Gasteiger partial charge >= 0.3 is 0 Å². The van der Waals surface area contributed by atoms with E-state index in [-0.39, 0.29) is 0 Å². The van der Waals surface area contributed by atoms with Gasteiger partial charge in [0.25, 0.3) is 0 Å². The van der Waals surface area contributed by atoms with Crippen molar-refractivity contribution in [3.05, 3.63) is 29.8 Å². The largest absolute Gasteiger partial charge is 0.508 e. The van der Waals surface area contributed by atoms with Crippen molar-refractivity contribution < 1.29 is 9.84 Å². The van der Waals surface area contributed by atoms with Crippen molar-refractivity contribution in [2.75, 3.05) is 13.7 Å². The molecule has 0 bridgehead atoms. The number of phenols is 1. The molecule has 0 saturated heterocycles. The number of phenolic OH excluding ortho intramolecular Hbond substituents is 1. The highest BCUT2D eigenvalue weighted by atomic mass is 16.5. The van der Waals surface area contributed by atoms with E-state index in [0.717, 1.165) is 31.6 Å². The normalized spacial score (nSPS) is 12.6. The van der Waals surface area contributed by atoms with Crippen molar-refractivity contribution in [2.24, 2.45) is 0 Å². The molecule has 16 heavy (non-hydrogen) atoms. The average molecular weight is 223 g/mol. The molecule has 1 atom stereocenters. The molecule has 0 radical (unpaired) electrons. The Morgan fingerprint density at radius 2 is 2.25 bits per heavy atom. The third-order valence-corrected chi connectivity index (χ3v) is 2.51. The Bertz CT molecular complexity index is 296. The van der Waals surface area contributed by atoms with E-state index in [1.807, 2.05) is 12.1 Å². The van der Waals surface area contributed by atoms with E-state index < -0.39 is 0 Å². The third kappa shape index (κ3) is 4.64. The maximum atomic E-state index is 9.33. The van der Waals surface area contributed by atoms with Gasteiger partial charge in [-0.25, -0.2) is 0 Å². The summed E-state index contributed by atoms with van der Waals surface area (Å²) in [6.45, 7) is 3.66. The molecule has 1 aromatic carbocycles. The minimum absolute atomic E-state index is 0.318. The molecule has 0 fully saturated rings. The molecule has 3 heteroatoms. The first-order chi connectivity index (χ1) is 7.76. The number of rotatable bonds is 7. The van der Waals surface area contributed by atoms with Crippen molar-refractivity contribution >= 4 is 0 Å². The highest BCUT2D eigenvalue weighted by Crippen LogP contribution is 2.11. The van der Waals surface area contributed by atoms with Crippen molar-refractivity contribution in [3.63, 3.8) is 0 Å². The van der Waals surface area contributed by atoms with Gasteiger partial charge in [-0.1, -0.05) is 25.5 Å². The molecule has 1 unspecified atom stereocenters. The first-order valence-electron chi connectivity index (χ1n) is 5.76. The van der Waals surface area contributed by atoms with Crippen LogP contribution in [-0.4, -0.2) is 24.9 Å². The Morgan fingerprint density at radius 1 is 1.44 bits per heavy atom. The Kier molecular flexibility index (Phi) is 5.90. The quantitative estimate of drug-likeness (QED) is 0.745. The van der Waals surface area contributed by atoms with E-state index in [4.69, 9.17) is 4.74 Å². The minimum atomic E-state index is 0.318. The lowest BCUT2D eigenvalue weighted by molar-refractivity contribution is 0.161. The monoisotopic (exact) mass is 223 g/mol. The molecule has 2 N–H and O–H groups in total. The van der Waals surface area contributed by atoms with Gasteiger partial charge in [-0.05, 0) is 24.1 Å². The second-order valence-electron chi connectivity index (χ2n) is 3.99. The summed E-state index contributed by atoms with van der Waals surface area (Å²) >= 11 is 0. The second kappa shape index (κ2) is 7.25. The Balaban J connectivity index is 2.41. The van der Waals surface area contributed by atoms with Crippen LogP contribution in [0.25, 0.3) is 0 Å². The SMILES string of the molecule is CCCC(COC)NCc1cccc(O)c1. The number of aromatic hydroxyl groups is 1. The highest BCUT2D eigenvalue weighted by Gasteiger charge is 2.06. The van der Waals surface area contributed by atoms with Crippen LogP contribution in [0.5, 0.6) is 5.75 Å². The highest BCUT2D eigenvalue weighted by molar-refractivity contribution is 5.26. The molecule has 0 heterocycles. The Labute approximate surface area is 97.4 Å². The van der Waals surface area contributed by atoms with E-state index in [1.54, 1.807) is 19.2 Å². The molecule has 90 valence electrons. The fraction of sp³-hybridized carbons (Fsp3) is 0.538. The molecule has 0 aliphatic rings. The van der Waals surface area contributed by atoms with E-state index in [1.165, 1.54) is 0 Å². The van der Waals surface area contributed by atoms with Crippen LogP contribution in [-0.2, 0) is 11.3 Å². The van der Waals surface area contributed by atoms with Gasteiger partial charge in [0.2, 0.25) is 0 Å². The van der Waals surface area contributed by atoms with Crippen LogP contribution < -0.4 is 5.32 Å². The zero-order valence-corrected chi connectivity index (χ0v) is 10.1. The smallest absolute Gasteiger partial charge is 0.115 e. The van der Waals surface area contributed by atoms with Gasteiger partial charge in [-0.3, -0.25) is 0 Å². The maximum absolute atomic E-state index is 9.33. The minimum Gasteiger partial charge on any atom is -0.508 e. The summed E-state index contributed by atoms with van der Waals surface area (Å²) in [5, 5.41) is 12.8. The number of nitrogens with one attached hydrogen (secondary N) is 1. The van der Waals surface area contributed by atoms with E-state index >= 15 is 0 Å². The number of benzene rings is 1. The maximum Gasteiger partial charge on any atom is 0.115 e. The molecule has 0 aliphatic carbocycles. The lowest BCUT2D eigenvalue weighted by Gasteiger charge is -2.17. The summed E-state index contributed by atoms with van der Waals surface area (Å²) in [5.74, 6) is 0.318. The Hall–Kier alpha value is -1.06. The van der Waals surface area contributed by atoms with Gasteiger partial charge in [-0.15, -0.1) is 0 Å². The topological polar surface area (TPSA) is 41.5 Å². The molecule has 3 nitrogen and oxygen atoms in total. The molecular weight excluding hydrogens is 202 g/mol. The molecular formula is C13H21NO2. The average Bonchev–Trinajstić information content (AvgIpc) is 2.27. The number of methoxy groups -OCH3 is 1. The van der Waals surface area contributed by atoms with Crippen LogP contribution in [0.4, 0.5) is 0 Å². The molecule has 0 aromatic heterocycles. The van der Waals surface area contributed by atoms with Crippen LogP contribution in [0.1, 0.15) is 25.3 Å². The fourth-order valence-corrected chi connectivity index (χ4v) is 1.72. The van der Waals surface area contributed by atoms with Crippen LogP contribution in [0, 0.1) is 0 Å². The van der Waals surface area contributed by atoms with E-state index in [9.17, 15) is 5.11 Å². The van der Waals surface area contributed by atoms with Crippen LogP contribution in [0.15, 0.2) is 24.3 Å². The summed E-state index contributed by atoms with van der Waals surface area (Å²) in [4.78, 5) is 0. The standard InChI is InChI=1S/C13H21NO2/c1-3-5-12(10-16-2)14-9-11-6-4-7-13(15)8-11/h4,6-8,12,14-15H,3,5,9-10H2,1-2H3. The fourth-order valence-electron chi connectivity index (χ4n) is 1.72. The predicted molar refractivity (Wildman–Crippen MR) is 65.5 cm³/mol. The third-order valence-electron chi connectivity index (χ3n) is 2.51. The molecule has 1 rings (SSSR count). The van der Waals surface area contributed by atoms with Gasteiger partial charge in [0.15, 0.2) is 0 Å². The molecule has 0 aliphatic heterocycles. The Morgan fingerprint density at radius 3 is 2.88 bits per heavy atom. The summed E-state index contributed by atoms with van der Waals surface area (Å²) in [6.07, 6.45) is 2.24. The predicted octanol–water partition coefficient (Wildman–Crippen LogP) is 2.30. The van der Waals surface area contributed by atoms with Gasteiger partial charge in [0, 0.05) is 19.7 Å². The second-order valence-corrected chi connectivity index (χ2v) is 3.99. The van der Waals surface area contributed by atoms with Crippen molar-refractivity contribution in [1.82, 2.24) is 5.32 Å². The first kappa shape index (κ1) is 13.0. The molecule has 0 spiro atoms. The van der Waals surface area contributed by atoms with Crippen molar-refractivity contribution in [3.8, 4) is 5.75 Å². The summed E-state index contributed by atoms with van der Waals surface area (Å²) in [5.41, 5.74) is 1.09. The number of hydrogen-bond acceptors (Lipinski definition) is 3. The zero-order valence-electron chi connectivity index (χ0n) is 10.1. The van der Waals surface area contributed by atoms with E-state index in [0.29, 0.717) is 11.8 Å². The van der Waals surface area contributed by atoms with Gasteiger partial charge in [0.05, 0.1) is 6.61 Å². The molecule has 0 amide bonds. The molecule has 1 aromatic rings. The van der Waals surface area contributed by atoms with Gasteiger partial charge in [0.1, 0.15) is 5.75 Å². The summed E-state index contributed by atoms with van der Waals surface area (Å²) in [7, 11) is 1.72. The van der Waals surface area contributed by atoms with Crippen molar-refractivity contribution in [2.45, 2.75) is 32.4 Å². The van der Waals surface area contributed by atoms with Crippen LogP contribution in [0.2, 0.25) is 0 Å². The van der Waals surface area contributed by atoms with E-state index in [2.05, 4.69) is 12.2 Å². The van der Waals surface area contributed by atoms with Gasteiger partial charge in [-0.2, -0.15) is 0 Å². The number of ether oxygens (including phenoxy) is 1. The summed E-state index contributed by atoms with van der Waals surface area (Å²) < 4.78 is 5.16. The molecule has 0 saturated carbocycles. The first-order valence-corrected chi connectivity index (χ1v) is 5.76. The van der Waals surface area contributed by atoms with Gasteiger partial charge < -0.3 is 15.2 Å². The zero-order chi connectivity index (χ0) is 11.8. The number of hydrogen-bond donors (Lipinski definition) is 2. The van der Waals surface area contributed by atoms with Crippen LogP contribution in [0.3, 0.4) is 0 Å². The lowest BCUT2D eigenvalue weighted by atomic mass is 10.1. The lowest BCUT2D eigenvalue weighted by Crippen LogP contribution is -2.32.